The molecule has 144 valence electrons. The fourth-order valence-corrected chi connectivity index (χ4v) is 2.73. The molecule has 0 saturated heterocycles. The number of carboxylic acids is 1. The lowest BCUT2D eigenvalue weighted by Gasteiger charge is -2.17. The third kappa shape index (κ3) is 6.08. The molecular formula is C21H24ClNO4. The zero-order valence-corrected chi connectivity index (χ0v) is 16.4. The molecule has 2 aromatic rings. The molecule has 0 aromatic heterocycles. The maximum Gasteiger partial charge on any atom is 0.335 e. The average molecular weight is 390 g/mol. The van der Waals surface area contributed by atoms with Crippen molar-refractivity contribution in [3.63, 3.8) is 0 Å². The first-order valence-corrected chi connectivity index (χ1v) is 9.16. The van der Waals surface area contributed by atoms with Gasteiger partial charge in [-0.1, -0.05) is 43.6 Å². The number of ether oxygens (including phenoxy) is 1. The van der Waals surface area contributed by atoms with Gasteiger partial charge in [-0.15, -0.1) is 0 Å². The van der Waals surface area contributed by atoms with Gasteiger partial charge < -0.3 is 15.2 Å². The molecule has 0 aliphatic rings. The summed E-state index contributed by atoms with van der Waals surface area (Å²) in [7, 11) is 0. The Balaban J connectivity index is 2.11. The van der Waals surface area contributed by atoms with Crippen LogP contribution < -0.4 is 5.32 Å². The van der Waals surface area contributed by atoms with Gasteiger partial charge in [0.1, 0.15) is 0 Å². The third-order valence-electron chi connectivity index (χ3n) is 4.03. The number of carbonyl (C=O) groups is 2. The molecule has 0 unspecified atom stereocenters. The zero-order chi connectivity index (χ0) is 20.0. The summed E-state index contributed by atoms with van der Waals surface area (Å²) >= 11 is 6.07. The van der Waals surface area contributed by atoms with Crippen molar-refractivity contribution in [2.24, 2.45) is 5.92 Å². The molecular weight excluding hydrogens is 366 g/mol. The first kappa shape index (κ1) is 20.9. The second kappa shape index (κ2) is 9.53. The Morgan fingerprint density at radius 3 is 2.37 bits per heavy atom. The van der Waals surface area contributed by atoms with Crippen LogP contribution in [0.25, 0.3) is 0 Å². The SMILES string of the molecule is CC(C)COCc1ccc(Cl)cc1C(=O)N[C@@H](C)c1ccc(C(=O)O)cc1. The van der Waals surface area contributed by atoms with Gasteiger partial charge in [-0.3, -0.25) is 4.79 Å². The number of rotatable bonds is 8. The first-order chi connectivity index (χ1) is 12.8. The molecule has 2 aromatic carbocycles. The lowest BCUT2D eigenvalue weighted by atomic mass is 10.0. The molecule has 1 atom stereocenters. The van der Waals surface area contributed by atoms with E-state index in [1.54, 1.807) is 30.3 Å². The summed E-state index contributed by atoms with van der Waals surface area (Å²) in [5.74, 6) is -0.831. The number of aromatic carboxylic acids is 1. The Morgan fingerprint density at radius 2 is 1.78 bits per heavy atom. The number of carboxylic acid groups (broad SMARTS) is 1. The highest BCUT2D eigenvalue weighted by molar-refractivity contribution is 6.31. The highest BCUT2D eigenvalue weighted by atomic mass is 35.5. The minimum atomic E-state index is -0.983. The number of halogens is 1. The standard InChI is InChI=1S/C21H24ClNO4/c1-13(2)11-27-12-17-8-9-18(22)10-19(17)20(24)23-14(3)15-4-6-16(7-5-15)21(25)26/h4-10,13-14H,11-12H2,1-3H3,(H,23,24)(H,25,26)/t14-/m0/s1. The molecule has 0 aliphatic heterocycles. The number of nitrogens with one attached hydrogen (secondary N) is 1. The molecule has 0 saturated carbocycles. The second-order valence-electron chi connectivity index (χ2n) is 6.83. The summed E-state index contributed by atoms with van der Waals surface area (Å²) in [6, 6.07) is 11.3. The first-order valence-electron chi connectivity index (χ1n) is 8.78. The molecule has 6 heteroatoms. The molecule has 27 heavy (non-hydrogen) atoms. The lowest BCUT2D eigenvalue weighted by molar-refractivity contribution is 0.0696. The van der Waals surface area contributed by atoms with Crippen molar-refractivity contribution in [1.82, 2.24) is 5.32 Å². The van der Waals surface area contributed by atoms with Crippen LogP contribution in [0.3, 0.4) is 0 Å². The van der Waals surface area contributed by atoms with E-state index in [1.807, 2.05) is 6.92 Å². The molecule has 0 spiro atoms. The van der Waals surface area contributed by atoms with Crippen LogP contribution in [0.5, 0.6) is 0 Å². The summed E-state index contributed by atoms with van der Waals surface area (Å²) in [6.45, 7) is 6.91. The van der Waals surface area contributed by atoms with Crippen molar-refractivity contribution in [3.8, 4) is 0 Å². The van der Waals surface area contributed by atoms with Crippen LogP contribution in [-0.2, 0) is 11.3 Å². The number of hydrogen-bond acceptors (Lipinski definition) is 3. The summed E-state index contributed by atoms with van der Waals surface area (Å²) in [5, 5.41) is 12.4. The third-order valence-corrected chi connectivity index (χ3v) is 4.27. The number of carbonyl (C=O) groups excluding carboxylic acids is 1. The van der Waals surface area contributed by atoms with Gasteiger partial charge in [0, 0.05) is 17.2 Å². The highest BCUT2D eigenvalue weighted by Crippen LogP contribution is 2.20. The molecule has 0 fully saturated rings. The van der Waals surface area contributed by atoms with Gasteiger partial charge in [-0.25, -0.2) is 4.79 Å². The van der Waals surface area contributed by atoms with Crippen molar-refractivity contribution in [2.75, 3.05) is 6.61 Å². The van der Waals surface area contributed by atoms with Gasteiger partial charge in [-0.2, -0.15) is 0 Å². The topological polar surface area (TPSA) is 75.6 Å². The van der Waals surface area contributed by atoms with Crippen molar-refractivity contribution in [1.29, 1.82) is 0 Å². The summed E-state index contributed by atoms with van der Waals surface area (Å²) in [5.41, 5.74) is 2.26. The Morgan fingerprint density at radius 1 is 1.11 bits per heavy atom. The molecule has 0 bridgehead atoms. The summed E-state index contributed by atoms with van der Waals surface area (Å²) in [6.07, 6.45) is 0. The Hall–Kier alpha value is -2.37. The maximum absolute atomic E-state index is 12.8. The fraction of sp³-hybridized carbons (Fsp3) is 0.333. The minimum Gasteiger partial charge on any atom is -0.478 e. The van der Waals surface area contributed by atoms with Gasteiger partial charge in [0.05, 0.1) is 18.2 Å². The molecule has 2 N–H and O–H groups in total. The molecule has 0 aliphatic carbocycles. The van der Waals surface area contributed by atoms with Crippen LogP contribution in [0.4, 0.5) is 0 Å². The van der Waals surface area contributed by atoms with E-state index in [4.69, 9.17) is 21.4 Å². The van der Waals surface area contributed by atoms with E-state index in [9.17, 15) is 9.59 Å². The second-order valence-corrected chi connectivity index (χ2v) is 7.27. The number of amides is 1. The van der Waals surface area contributed by atoms with E-state index < -0.39 is 5.97 Å². The van der Waals surface area contributed by atoms with Crippen LogP contribution in [0.15, 0.2) is 42.5 Å². The molecule has 2 rings (SSSR count). The van der Waals surface area contributed by atoms with E-state index in [0.717, 1.165) is 11.1 Å². The molecule has 0 heterocycles. The van der Waals surface area contributed by atoms with Crippen molar-refractivity contribution in [3.05, 3.63) is 69.7 Å². The van der Waals surface area contributed by atoms with Crippen LogP contribution in [0, 0.1) is 5.92 Å². The van der Waals surface area contributed by atoms with Gasteiger partial charge in [0.15, 0.2) is 0 Å². The van der Waals surface area contributed by atoms with Crippen LogP contribution in [0.2, 0.25) is 5.02 Å². The maximum atomic E-state index is 12.8. The molecule has 1 amide bonds. The fourth-order valence-electron chi connectivity index (χ4n) is 2.56. The quantitative estimate of drug-likeness (QED) is 0.686. The Labute approximate surface area is 164 Å². The van der Waals surface area contributed by atoms with Gasteiger partial charge in [0.2, 0.25) is 0 Å². The monoisotopic (exact) mass is 389 g/mol. The Bertz CT molecular complexity index is 802. The predicted molar refractivity (Wildman–Crippen MR) is 105 cm³/mol. The molecule has 0 radical (unpaired) electrons. The van der Waals surface area contributed by atoms with E-state index in [-0.39, 0.29) is 17.5 Å². The zero-order valence-electron chi connectivity index (χ0n) is 15.7. The summed E-state index contributed by atoms with van der Waals surface area (Å²) < 4.78 is 5.66. The van der Waals surface area contributed by atoms with Gasteiger partial charge in [0.25, 0.3) is 5.91 Å². The van der Waals surface area contributed by atoms with Crippen LogP contribution >= 0.6 is 11.6 Å². The van der Waals surface area contributed by atoms with Crippen LogP contribution in [-0.4, -0.2) is 23.6 Å². The van der Waals surface area contributed by atoms with Gasteiger partial charge in [-0.05, 0) is 48.2 Å². The number of benzene rings is 2. The largest absolute Gasteiger partial charge is 0.478 e. The smallest absolute Gasteiger partial charge is 0.335 e. The normalized spacial score (nSPS) is 12.0. The average Bonchev–Trinajstić information content (AvgIpc) is 2.62. The summed E-state index contributed by atoms with van der Waals surface area (Å²) in [4.78, 5) is 23.7. The predicted octanol–water partition coefficient (Wildman–Crippen LogP) is 4.70. The van der Waals surface area contributed by atoms with E-state index in [1.165, 1.54) is 12.1 Å². The van der Waals surface area contributed by atoms with Crippen molar-refractivity contribution >= 4 is 23.5 Å². The van der Waals surface area contributed by atoms with E-state index >= 15 is 0 Å². The highest BCUT2D eigenvalue weighted by Gasteiger charge is 2.16. The minimum absolute atomic E-state index is 0.205. The van der Waals surface area contributed by atoms with Gasteiger partial charge >= 0.3 is 5.97 Å². The van der Waals surface area contributed by atoms with E-state index in [2.05, 4.69) is 19.2 Å². The molecule has 5 nitrogen and oxygen atoms in total. The van der Waals surface area contributed by atoms with E-state index in [0.29, 0.717) is 29.7 Å². The lowest BCUT2D eigenvalue weighted by Crippen LogP contribution is -2.27. The van der Waals surface area contributed by atoms with Crippen molar-refractivity contribution in [2.45, 2.75) is 33.4 Å². The van der Waals surface area contributed by atoms with Crippen molar-refractivity contribution < 1.29 is 19.4 Å². The number of hydrogen-bond donors (Lipinski definition) is 2. The Kier molecular flexibility index (Phi) is 7.39. The van der Waals surface area contributed by atoms with Crippen LogP contribution in [0.1, 0.15) is 58.7 Å².